The Morgan fingerprint density at radius 2 is 2.14 bits per heavy atom. The lowest BCUT2D eigenvalue weighted by Crippen LogP contribution is -2.46. The molecule has 1 atom stereocenters. The van der Waals surface area contributed by atoms with Gasteiger partial charge in [-0.25, -0.2) is 9.48 Å². The van der Waals surface area contributed by atoms with E-state index in [9.17, 15) is 4.79 Å². The van der Waals surface area contributed by atoms with Crippen molar-refractivity contribution in [2.75, 3.05) is 0 Å². The average molecular weight is 283 g/mol. The fraction of sp³-hybridized carbons (Fsp3) is 0.600. The van der Waals surface area contributed by atoms with Gasteiger partial charge in [0.1, 0.15) is 5.82 Å². The maximum Gasteiger partial charge on any atom is 0.347 e. The summed E-state index contributed by atoms with van der Waals surface area (Å²) in [5.74, 6) is 1.74. The summed E-state index contributed by atoms with van der Waals surface area (Å²) in [7, 11) is 0. The van der Waals surface area contributed by atoms with Crippen molar-refractivity contribution >= 4 is 0 Å². The summed E-state index contributed by atoms with van der Waals surface area (Å²) in [4.78, 5) is 21.4. The van der Waals surface area contributed by atoms with Crippen LogP contribution in [0, 0.1) is 5.92 Å². The largest absolute Gasteiger partial charge is 0.347 e. The molecule has 0 unspecified atom stereocenters. The maximum atomic E-state index is 12.9. The molecule has 21 heavy (non-hydrogen) atoms. The van der Waals surface area contributed by atoms with Gasteiger partial charge in [-0.1, -0.05) is 0 Å². The third-order valence-corrected chi connectivity index (χ3v) is 5.56. The molecule has 3 heterocycles. The van der Waals surface area contributed by atoms with Gasteiger partial charge in [0.25, 0.3) is 0 Å². The lowest BCUT2D eigenvalue weighted by molar-refractivity contribution is 0.128. The first-order valence-electron chi connectivity index (χ1n) is 7.74. The SMILES string of the molecule is O=c1n(C23CCC(C2)C3)nc2n1[C@H](c1cnccn1)CC2. The molecule has 0 N–H and O–H groups in total. The number of fused-ring (bicyclic) bond motifs is 2. The number of hydrogen-bond acceptors (Lipinski definition) is 4. The van der Waals surface area contributed by atoms with Gasteiger partial charge in [-0.3, -0.25) is 14.5 Å². The van der Waals surface area contributed by atoms with E-state index in [-0.39, 0.29) is 17.3 Å². The van der Waals surface area contributed by atoms with Gasteiger partial charge >= 0.3 is 5.69 Å². The van der Waals surface area contributed by atoms with Crippen molar-refractivity contribution in [3.63, 3.8) is 0 Å². The van der Waals surface area contributed by atoms with E-state index in [0.717, 1.165) is 49.5 Å². The molecule has 0 spiro atoms. The van der Waals surface area contributed by atoms with Crippen molar-refractivity contribution in [1.29, 1.82) is 0 Å². The van der Waals surface area contributed by atoms with Crippen LogP contribution in [-0.4, -0.2) is 24.3 Å². The molecule has 4 aliphatic rings. The van der Waals surface area contributed by atoms with E-state index in [1.54, 1.807) is 23.3 Å². The first-order chi connectivity index (χ1) is 10.3. The number of aromatic nitrogens is 5. The molecule has 2 aromatic heterocycles. The second kappa shape index (κ2) is 3.81. The van der Waals surface area contributed by atoms with E-state index in [2.05, 4.69) is 15.1 Å². The Labute approximate surface area is 121 Å². The predicted molar refractivity (Wildman–Crippen MR) is 74.9 cm³/mol. The number of nitrogens with zero attached hydrogens (tertiary/aromatic N) is 5. The lowest BCUT2D eigenvalue weighted by Gasteiger charge is -2.37. The molecular weight excluding hydrogens is 266 g/mol. The third kappa shape index (κ3) is 1.42. The number of hydrogen-bond donors (Lipinski definition) is 0. The molecule has 108 valence electrons. The molecule has 2 aromatic rings. The smallest absolute Gasteiger partial charge is 0.270 e. The molecule has 0 aromatic carbocycles. The van der Waals surface area contributed by atoms with Crippen LogP contribution in [-0.2, 0) is 12.0 Å². The van der Waals surface area contributed by atoms with Gasteiger partial charge < -0.3 is 0 Å². The van der Waals surface area contributed by atoms with E-state index in [0.29, 0.717) is 0 Å². The second-order valence-corrected chi connectivity index (χ2v) is 6.70. The first kappa shape index (κ1) is 11.7. The molecular formula is C15H17N5O. The Hall–Kier alpha value is -1.98. The van der Waals surface area contributed by atoms with Crippen molar-refractivity contribution < 1.29 is 0 Å². The molecule has 1 aliphatic heterocycles. The molecule has 6 heteroatoms. The lowest BCUT2D eigenvalue weighted by atomic mass is 9.77. The topological polar surface area (TPSA) is 65.6 Å². The summed E-state index contributed by atoms with van der Waals surface area (Å²) in [6.07, 6.45) is 11.5. The van der Waals surface area contributed by atoms with Gasteiger partial charge in [-0.05, 0) is 38.0 Å². The Morgan fingerprint density at radius 3 is 2.86 bits per heavy atom. The third-order valence-electron chi connectivity index (χ3n) is 5.56. The molecule has 3 fully saturated rings. The number of rotatable bonds is 2. The highest BCUT2D eigenvalue weighted by Gasteiger charge is 2.54. The minimum atomic E-state index is 0.00336. The van der Waals surface area contributed by atoms with Crippen molar-refractivity contribution in [2.45, 2.75) is 50.1 Å². The van der Waals surface area contributed by atoms with E-state index in [4.69, 9.17) is 0 Å². The summed E-state index contributed by atoms with van der Waals surface area (Å²) in [5.41, 5.74) is 0.957. The monoisotopic (exact) mass is 283 g/mol. The average Bonchev–Trinajstić information content (AvgIpc) is 3.20. The Balaban J connectivity index is 1.61. The molecule has 6 nitrogen and oxygen atoms in total. The van der Waals surface area contributed by atoms with Crippen molar-refractivity contribution in [3.8, 4) is 0 Å². The Morgan fingerprint density at radius 1 is 1.24 bits per heavy atom. The molecule has 6 rings (SSSR count). The van der Waals surface area contributed by atoms with Crippen molar-refractivity contribution in [2.24, 2.45) is 5.92 Å². The zero-order valence-electron chi connectivity index (χ0n) is 11.8. The highest BCUT2D eigenvalue weighted by molar-refractivity contribution is 5.14. The highest BCUT2D eigenvalue weighted by atomic mass is 16.2. The van der Waals surface area contributed by atoms with Crippen LogP contribution in [0.5, 0.6) is 0 Å². The van der Waals surface area contributed by atoms with E-state index in [1.165, 1.54) is 6.42 Å². The summed E-state index contributed by atoms with van der Waals surface area (Å²) >= 11 is 0. The Bertz CT molecular complexity index is 751. The van der Waals surface area contributed by atoms with Crippen molar-refractivity contribution in [1.82, 2.24) is 24.3 Å². The highest BCUT2D eigenvalue weighted by Crippen LogP contribution is 2.56. The van der Waals surface area contributed by atoms with E-state index in [1.807, 2.05) is 4.57 Å². The molecule has 2 bridgehead atoms. The molecule has 3 aliphatic carbocycles. The van der Waals surface area contributed by atoms with Gasteiger partial charge in [0, 0.05) is 18.8 Å². The van der Waals surface area contributed by atoms with E-state index >= 15 is 0 Å². The first-order valence-corrected chi connectivity index (χ1v) is 7.74. The predicted octanol–water partition coefficient (Wildman–Crippen LogP) is 1.27. The Kier molecular flexibility index (Phi) is 2.11. The standard InChI is InChI=1S/C15H17N5O/c21-14-19-12(11-9-16-5-6-17-11)1-2-13(19)18-20(14)15-4-3-10(7-15)8-15/h5-6,9-10,12H,1-4,7-8H2/t10?,12-,15?/m0/s1. The quantitative estimate of drug-likeness (QED) is 0.832. The zero-order chi connectivity index (χ0) is 14.0. The van der Waals surface area contributed by atoms with Crippen LogP contribution in [0.25, 0.3) is 0 Å². The normalized spacial score (nSPS) is 33.0. The second-order valence-electron chi connectivity index (χ2n) is 6.70. The van der Waals surface area contributed by atoms with E-state index < -0.39 is 0 Å². The van der Waals surface area contributed by atoms with Crippen LogP contribution in [0.3, 0.4) is 0 Å². The fourth-order valence-corrected chi connectivity index (χ4v) is 4.54. The summed E-state index contributed by atoms with van der Waals surface area (Å²) in [6, 6.07) is 0.00336. The summed E-state index contributed by atoms with van der Waals surface area (Å²) < 4.78 is 3.65. The fourth-order valence-electron chi connectivity index (χ4n) is 4.54. The van der Waals surface area contributed by atoms with Crippen LogP contribution in [0.1, 0.15) is 49.7 Å². The van der Waals surface area contributed by atoms with Crippen LogP contribution >= 0.6 is 0 Å². The van der Waals surface area contributed by atoms with Gasteiger partial charge in [0.2, 0.25) is 0 Å². The summed E-state index contributed by atoms with van der Waals surface area (Å²) in [5, 5.41) is 4.68. The van der Waals surface area contributed by atoms with Crippen LogP contribution in [0.2, 0.25) is 0 Å². The van der Waals surface area contributed by atoms with Crippen LogP contribution < -0.4 is 5.69 Å². The van der Waals surface area contributed by atoms with Crippen LogP contribution in [0.4, 0.5) is 0 Å². The molecule has 0 radical (unpaired) electrons. The summed E-state index contributed by atoms with van der Waals surface area (Å²) in [6.45, 7) is 0. The molecule has 0 saturated heterocycles. The van der Waals surface area contributed by atoms with Crippen LogP contribution in [0.15, 0.2) is 23.4 Å². The minimum Gasteiger partial charge on any atom is -0.270 e. The zero-order valence-corrected chi connectivity index (χ0v) is 11.8. The molecule has 3 saturated carbocycles. The van der Waals surface area contributed by atoms with Gasteiger partial charge in [-0.2, -0.15) is 5.10 Å². The molecule has 0 amide bonds. The van der Waals surface area contributed by atoms with Gasteiger partial charge in [0.05, 0.1) is 23.5 Å². The minimum absolute atomic E-state index is 0.00336. The van der Waals surface area contributed by atoms with Gasteiger partial charge in [0.15, 0.2) is 0 Å². The maximum absolute atomic E-state index is 12.9. The van der Waals surface area contributed by atoms with Crippen molar-refractivity contribution in [3.05, 3.63) is 40.6 Å². The number of aryl methyl sites for hydroxylation is 1. The van der Waals surface area contributed by atoms with Gasteiger partial charge in [-0.15, -0.1) is 0 Å².